The maximum Gasteiger partial charge on any atom is 0.305 e. The molecule has 0 amide bonds. The molecule has 0 spiro atoms. The molecule has 6 atom stereocenters. The normalized spacial score (nSPS) is 30.1. The summed E-state index contributed by atoms with van der Waals surface area (Å²) in [5, 5.41) is 20.8. The van der Waals surface area contributed by atoms with Crippen molar-refractivity contribution in [3.8, 4) is 11.8 Å². The van der Waals surface area contributed by atoms with E-state index in [2.05, 4.69) is 17.9 Å². The summed E-state index contributed by atoms with van der Waals surface area (Å²) in [4.78, 5) is 11.4. The van der Waals surface area contributed by atoms with Crippen molar-refractivity contribution in [3.05, 3.63) is 23.8 Å². The van der Waals surface area contributed by atoms with Crippen LogP contribution in [-0.4, -0.2) is 35.0 Å². The van der Waals surface area contributed by atoms with Crippen LogP contribution < -0.4 is 0 Å². The number of hydrogen-bond acceptors (Lipinski definition) is 4. The smallest absolute Gasteiger partial charge is 0.305 e. The number of esters is 1. The number of ether oxygens (including phenoxy) is 1. The van der Waals surface area contributed by atoms with Gasteiger partial charge < -0.3 is 14.9 Å². The summed E-state index contributed by atoms with van der Waals surface area (Å²) in [6.45, 7) is 6.08. The van der Waals surface area contributed by atoms with Crippen LogP contribution in [0.1, 0.15) is 65.7 Å². The molecule has 28 heavy (non-hydrogen) atoms. The molecular weight excluding hydrogens is 352 g/mol. The van der Waals surface area contributed by atoms with E-state index in [-0.39, 0.29) is 23.9 Å². The minimum atomic E-state index is -0.522. The Kier molecular flexibility index (Phi) is 9.28. The van der Waals surface area contributed by atoms with Crippen molar-refractivity contribution in [1.29, 1.82) is 0 Å². The number of carbonyl (C=O) groups is 1. The first-order valence-corrected chi connectivity index (χ1v) is 10.7. The maximum absolute atomic E-state index is 11.4. The Labute approximate surface area is 170 Å². The third-order valence-corrected chi connectivity index (χ3v) is 6.15. The Morgan fingerprint density at radius 2 is 2.18 bits per heavy atom. The molecule has 0 bridgehead atoms. The molecule has 0 saturated heterocycles. The van der Waals surface area contributed by atoms with Crippen molar-refractivity contribution < 1.29 is 19.7 Å². The van der Waals surface area contributed by atoms with Crippen molar-refractivity contribution in [2.45, 2.75) is 77.9 Å². The molecule has 2 fully saturated rings. The molecule has 0 aliphatic heterocycles. The molecule has 0 aromatic heterocycles. The Balaban J connectivity index is 1.85. The van der Waals surface area contributed by atoms with E-state index in [0.29, 0.717) is 31.3 Å². The monoisotopic (exact) mass is 388 g/mol. The molecule has 2 N–H and O–H groups in total. The van der Waals surface area contributed by atoms with Crippen LogP contribution in [0.2, 0.25) is 0 Å². The molecule has 0 radical (unpaired) electrons. The summed E-state index contributed by atoms with van der Waals surface area (Å²) in [5.74, 6) is 6.97. The molecule has 0 aromatic rings. The topological polar surface area (TPSA) is 66.8 Å². The summed E-state index contributed by atoms with van der Waals surface area (Å²) >= 11 is 0. The highest BCUT2D eigenvalue weighted by atomic mass is 16.5. The van der Waals surface area contributed by atoms with Gasteiger partial charge in [-0.05, 0) is 63.7 Å². The molecule has 2 aliphatic carbocycles. The van der Waals surface area contributed by atoms with Crippen LogP contribution in [0.25, 0.3) is 0 Å². The molecule has 2 saturated carbocycles. The molecule has 2 aliphatic rings. The number of rotatable bonds is 9. The Bertz CT molecular complexity index is 624. The fourth-order valence-corrected chi connectivity index (χ4v) is 4.54. The quantitative estimate of drug-likeness (QED) is 0.271. The molecule has 4 nitrogen and oxygen atoms in total. The largest absolute Gasteiger partial charge is 0.466 e. The highest BCUT2D eigenvalue weighted by Crippen LogP contribution is 2.50. The third-order valence-electron chi connectivity index (χ3n) is 6.15. The van der Waals surface area contributed by atoms with Gasteiger partial charge in [-0.1, -0.05) is 30.7 Å². The number of carbonyl (C=O) groups excluding carboxylic acids is 1. The van der Waals surface area contributed by atoms with Crippen molar-refractivity contribution in [2.75, 3.05) is 6.61 Å². The van der Waals surface area contributed by atoms with Gasteiger partial charge in [0.15, 0.2) is 0 Å². The Morgan fingerprint density at radius 3 is 2.89 bits per heavy atom. The predicted octanol–water partition coefficient (Wildman–Crippen LogP) is 4.02. The molecule has 0 heterocycles. The number of fused-ring (bicyclic) bond motifs is 1. The first-order valence-electron chi connectivity index (χ1n) is 10.7. The van der Waals surface area contributed by atoms with Gasteiger partial charge in [-0.25, -0.2) is 0 Å². The van der Waals surface area contributed by atoms with Crippen molar-refractivity contribution in [1.82, 2.24) is 0 Å². The fraction of sp³-hybridized carbons (Fsp3) is 0.708. The van der Waals surface area contributed by atoms with Crippen LogP contribution in [0, 0.1) is 35.5 Å². The predicted molar refractivity (Wildman–Crippen MR) is 111 cm³/mol. The number of aliphatic hydroxyl groups excluding tert-OH is 2. The van der Waals surface area contributed by atoms with Gasteiger partial charge in [0, 0.05) is 18.8 Å². The van der Waals surface area contributed by atoms with E-state index < -0.39 is 6.10 Å². The number of allylic oxidation sites excluding steroid dienone is 2. The summed E-state index contributed by atoms with van der Waals surface area (Å²) in [5.41, 5.74) is 1.45. The van der Waals surface area contributed by atoms with Gasteiger partial charge in [-0.3, -0.25) is 4.79 Å². The summed E-state index contributed by atoms with van der Waals surface area (Å²) in [6.07, 6.45) is 11.2. The zero-order valence-corrected chi connectivity index (χ0v) is 17.6. The van der Waals surface area contributed by atoms with Gasteiger partial charge in [-0.15, -0.1) is 11.8 Å². The lowest BCUT2D eigenvalue weighted by atomic mass is 9.89. The second-order valence-electron chi connectivity index (χ2n) is 8.26. The molecule has 156 valence electrons. The van der Waals surface area contributed by atoms with Crippen LogP contribution in [0.5, 0.6) is 0 Å². The summed E-state index contributed by atoms with van der Waals surface area (Å²) < 4.78 is 4.96. The zero-order chi connectivity index (χ0) is 20.5. The van der Waals surface area contributed by atoms with Crippen LogP contribution in [0.15, 0.2) is 23.8 Å². The van der Waals surface area contributed by atoms with Crippen LogP contribution in [0.4, 0.5) is 0 Å². The van der Waals surface area contributed by atoms with Crippen molar-refractivity contribution in [2.24, 2.45) is 23.7 Å². The van der Waals surface area contributed by atoms with Gasteiger partial charge in [0.05, 0.1) is 18.8 Å². The lowest BCUT2D eigenvalue weighted by Gasteiger charge is -2.19. The molecular formula is C24H36O4. The van der Waals surface area contributed by atoms with Gasteiger partial charge in [0.1, 0.15) is 0 Å². The molecule has 2 rings (SSSR count). The van der Waals surface area contributed by atoms with E-state index in [1.54, 1.807) is 0 Å². The zero-order valence-electron chi connectivity index (χ0n) is 17.6. The Morgan fingerprint density at radius 1 is 1.39 bits per heavy atom. The standard InChI is InChI=1S/C24H36O4/c1-4-6-9-17(3)22(25)13-12-20-21-15-18(14-19(21)16-23(20)26)10-7-8-11-24(27)28-5-2/h10,12-13,17,19-23,25-26H,5,7-9,11,14-16H2,1-3H3/b13-12-,18-10+/t17?,19-,20-,21-,22+,23+/m0/s1. The second-order valence-corrected chi connectivity index (χ2v) is 8.26. The van der Waals surface area contributed by atoms with Gasteiger partial charge >= 0.3 is 5.97 Å². The fourth-order valence-electron chi connectivity index (χ4n) is 4.54. The minimum Gasteiger partial charge on any atom is -0.466 e. The van der Waals surface area contributed by atoms with Crippen molar-refractivity contribution >= 4 is 5.97 Å². The van der Waals surface area contributed by atoms with Gasteiger partial charge in [-0.2, -0.15) is 0 Å². The van der Waals surface area contributed by atoms with E-state index >= 15 is 0 Å². The first kappa shape index (κ1) is 22.7. The van der Waals surface area contributed by atoms with Crippen LogP contribution >= 0.6 is 0 Å². The average molecular weight is 389 g/mol. The van der Waals surface area contributed by atoms with Crippen LogP contribution in [0.3, 0.4) is 0 Å². The van der Waals surface area contributed by atoms with E-state index in [4.69, 9.17) is 4.74 Å². The third kappa shape index (κ3) is 6.50. The summed E-state index contributed by atoms with van der Waals surface area (Å²) in [6, 6.07) is 0. The highest BCUT2D eigenvalue weighted by Gasteiger charge is 2.44. The van der Waals surface area contributed by atoms with Gasteiger partial charge in [0.25, 0.3) is 0 Å². The lowest BCUT2D eigenvalue weighted by Crippen LogP contribution is -2.19. The van der Waals surface area contributed by atoms with E-state index in [1.807, 2.05) is 32.9 Å². The lowest BCUT2D eigenvalue weighted by molar-refractivity contribution is -0.143. The van der Waals surface area contributed by atoms with E-state index in [1.165, 1.54) is 5.57 Å². The minimum absolute atomic E-state index is 0.0940. The molecule has 0 aromatic carbocycles. The number of aliphatic hydroxyl groups is 2. The maximum atomic E-state index is 11.4. The number of hydrogen-bond donors (Lipinski definition) is 2. The highest BCUT2D eigenvalue weighted by molar-refractivity contribution is 5.69. The van der Waals surface area contributed by atoms with E-state index in [0.717, 1.165) is 32.1 Å². The molecule has 1 unspecified atom stereocenters. The van der Waals surface area contributed by atoms with E-state index in [9.17, 15) is 15.0 Å². The Hall–Kier alpha value is -1.57. The van der Waals surface area contributed by atoms with Crippen molar-refractivity contribution in [3.63, 3.8) is 0 Å². The number of unbranched alkanes of at least 4 members (excludes halogenated alkanes) is 1. The average Bonchev–Trinajstić information content (AvgIpc) is 3.18. The van der Waals surface area contributed by atoms with Crippen LogP contribution in [-0.2, 0) is 9.53 Å². The van der Waals surface area contributed by atoms with Gasteiger partial charge in [0.2, 0.25) is 0 Å². The summed E-state index contributed by atoms with van der Waals surface area (Å²) in [7, 11) is 0. The second kappa shape index (κ2) is 11.4. The first-order chi connectivity index (χ1) is 13.5. The molecule has 4 heteroatoms. The SMILES string of the molecule is CC#CCC(C)[C@H](O)/C=C\[C@H]1[C@H]2C/C(=C/CCCC(=O)OCC)C[C@H]2C[C@H]1O.